The van der Waals surface area contributed by atoms with Crippen LogP contribution in [0.1, 0.15) is 67.9 Å². The van der Waals surface area contributed by atoms with E-state index in [1.54, 1.807) is 12.1 Å². The molecule has 0 saturated heterocycles. The first-order valence-corrected chi connectivity index (χ1v) is 14.3. The molecular formula is C33H32Cl2F2N2O3. The first kappa shape index (κ1) is 31.5. The smallest absolute Gasteiger partial charge is 0.228 e. The number of nitriles is 1. The molecule has 5 nitrogen and oxygen atoms in total. The molecule has 1 unspecified atom stereocenters. The third-order valence-corrected chi connectivity index (χ3v) is 8.47. The van der Waals surface area contributed by atoms with Gasteiger partial charge in [-0.2, -0.15) is 5.26 Å². The monoisotopic (exact) mass is 612 g/mol. The lowest BCUT2D eigenvalue weighted by Gasteiger charge is -2.38. The number of hydrogen-bond donors (Lipinski definition) is 1. The standard InChI is InChI=1S/C33H32Cl2F2N2O3/c1-18(40)19-6-11-28(29(12-19)42-5)39-31(41)24-13-20(16-32(2,3)4)33(17-38,25-10-8-22(35)15-27(25)37)30(24)23-9-7-21(34)14-26(23)36/h6-12,14-15,20,24,30H,13,16H2,1-5H3,(H,39,41)/t20-,24+,30?,33+/m0/s1. The zero-order valence-electron chi connectivity index (χ0n) is 24.0. The Labute approximate surface area is 254 Å². The summed E-state index contributed by atoms with van der Waals surface area (Å²) in [5.74, 6) is -4.35. The highest BCUT2D eigenvalue weighted by Crippen LogP contribution is 2.61. The Morgan fingerprint density at radius 2 is 1.69 bits per heavy atom. The molecule has 0 heterocycles. The first-order valence-electron chi connectivity index (χ1n) is 13.5. The Hall–Kier alpha value is -3.47. The average molecular weight is 614 g/mol. The Kier molecular flexibility index (Phi) is 9.01. The lowest BCUT2D eigenvalue weighted by molar-refractivity contribution is -0.120. The van der Waals surface area contributed by atoms with Gasteiger partial charge in [-0.15, -0.1) is 0 Å². The summed E-state index contributed by atoms with van der Waals surface area (Å²) in [7, 11) is 1.42. The van der Waals surface area contributed by atoms with Gasteiger partial charge in [0.15, 0.2) is 5.78 Å². The summed E-state index contributed by atoms with van der Waals surface area (Å²) in [6, 6.07) is 15.2. The van der Waals surface area contributed by atoms with Crippen LogP contribution in [-0.2, 0) is 10.2 Å². The van der Waals surface area contributed by atoms with Crippen molar-refractivity contribution in [1.29, 1.82) is 5.26 Å². The molecule has 1 fully saturated rings. The number of carbonyl (C=O) groups is 2. The summed E-state index contributed by atoms with van der Waals surface area (Å²) in [6.45, 7) is 7.42. The van der Waals surface area contributed by atoms with Crippen molar-refractivity contribution in [2.45, 2.75) is 51.9 Å². The number of hydrogen-bond acceptors (Lipinski definition) is 4. The normalized spacial score (nSPS) is 22.0. The largest absolute Gasteiger partial charge is 0.495 e. The predicted molar refractivity (Wildman–Crippen MR) is 160 cm³/mol. The minimum atomic E-state index is -1.62. The van der Waals surface area contributed by atoms with Crippen molar-refractivity contribution in [3.05, 3.63) is 93.0 Å². The van der Waals surface area contributed by atoms with Crippen LogP contribution < -0.4 is 10.1 Å². The fraction of sp³-hybridized carbons (Fsp3) is 0.364. The summed E-state index contributed by atoms with van der Waals surface area (Å²) in [5, 5.41) is 14.2. The van der Waals surface area contributed by atoms with E-state index in [2.05, 4.69) is 11.4 Å². The highest BCUT2D eigenvalue weighted by atomic mass is 35.5. The van der Waals surface area contributed by atoms with Crippen molar-refractivity contribution in [2.24, 2.45) is 17.3 Å². The van der Waals surface area contributed by atoms with E-state index in [1.807, 2.05) is 20.8 Å². The first-order chi connectivity index (χ1) is 19.7. The number of nitrogens with one attached hydrogen (secondary N) is 1. The van der Waals surface area contributed by atoms with Crippen LogP contribution in [0.5, 0.6) is 5.75 Å². The third kappa shape index (κ3) is 6.02. The number of ether oxygens (including phenoxy) is 1. The molecule has 220 valence electrons. The van der Waals surface area contributed by atoms with Gasteiger partial charge in [-0.3, -0.25) is 9.59 Å². The summed E-state index contributed by atoms with van der Waals surface area (Å²) in [6.07, 6.45) is 0.633. The number of amides is 1. The van der Waals surface area contributed by atoms with Crippen LogP contribution >= 0.6 is 23.2 Å². The summed E-state index contributed by atoms with van der Waals surface area (Å²) in [4.78, 5) is 26.0. The molecule has 0 spiro atoms. The van der Waals surface area contributed by atoms with E-state index in [4.69, 9.17) is 27.9 Å². The molecule has 0 aromatic heterocycles. The molecule has 4 rings (SSSR count). The van der Waals surface area contributed by atoms with Gasteiger partial charge in [0.2, 0.25) is 5.91 Å². The van der Waals surface area contributed by atoms with E-state index in [1.165, 1.54) is 44.4 Å². The van der Waals surface area contributed by atoms with Crippen LogP contribution in [0, 0.1) is 40.2 Å². The number of anilines is 1. The SMILES string of the molecule is COc1cc(C(C)=O)ccc1NC(=O)[C@@H]1C[C@@H](CC(C)(C)C)[C@](C#N)(c2ccc(Cl)cc2F)C1c1ccc(Cl)cc1F. The lowest BCUT2D eigenvalue weighted by atomic mass is 9.62. The molecule has 4 atom stereocenters. The highest BCUT2D eigenvalue weighted by Gasteiger charge is 2.61. The Balaban J connectivity index is 1.94. The quantitative estimate of drug-likeness (QED) is 0.270. The third-order valence-electron chi connectivity index (χ3n) is 8.00. The van der Waals surface area contributed by atoms with E-state index in [9.17, 15) is 14.9 Å². The molecular weight excluding hydrogens is 581 g/mol. The molecule has 0 aliphatic heterocycles. The molecule has 3 aromatic rings. The zero-order valence-corrected chi connectivity index (χ0v) is 25.5. The molecule has 1 saturated carbocycles. The molecule has 9 heteroatoms. The van der Waals surface area contributed by atoms with E-state index < -0.39 is 40.7 Å². The molecule has 1 amide bonds. The fourth-order valence-electron chi connectivity index (χ4n) is 6.33. The number of halogens is 4. The predicted octanol–water partition coefficient (Wildman–Crippen LogP) is 8.74. The van der Waals surface area contributed by atoms with Gasteiger partial charge in [0.1, 0.15) is 17.4 Å². The van der Waals surface area contributed by atoms with Gasteiger partial charge in [-0.05, 0) is 79.1 Å². The Morgan fingerprint density at radius 3 is 2.24 bits per heavy atom. The van der Waals surface area contributed by atoms with Crippen LogP contribution in [0.15, 0.2) is 54.6 Å². The van der Waals surface area contributed by atoms with Crippen molar-refractivity contribution >= 4 is 40.6 Å². The van der Waals surface area contributed by atoms with Crippen LogP contribution in [0.4, 0.5) is 14.5 Å². The van der Waals surface area contributed by atoms with Crippen LogP contribution in [0.25, 0.3) is 0 Å². The number of Topliss-reactive ketones (excluding diaryl/α,β-unsaturated/α-hetero) is 1. The van der Waals surface area contributed by atoms with Gasteiger partial charge in [0, 0.05) is 33.0 Å². The van der Waals surface area contributed by atoms with Crippen LogP contribution in [0.3, 0.4) is 0 Å². The van der Waals surface area contributed by atoms with Crippen LogP contribution in [-0.4, -0.2) is 18.8 Å². The van der Waals surface area contributed by atoms with Gasteiger partial charge in [0.25, 0.3) is 0 Å². The topological polar surface area (TPSA) is 79.2 Å². The second-order valence-corrected chi connectivity index (χ2v) is 12.9. The number of methoxy groups -OCH3 is 1. The van der Waals surface area contributed by atoms with Crippen molar-refractivity contribution < 1.29 is 23.1 Å². The second kappa shape index (κ2) is 12.0. The molecule has 1 N–H and O–H groups in total. The maximum absolute atomic E-state index is 15.8. The van der Waals surface area contributed by atoms with Crippen LogP contribution in [0.2, 0.25) is 10.0 Å². The number of ketones is 1. The lowest BCUT2D eigenvalue weighted by Crippen LogP contribution is -2.39. The summed E-state index contributed by atoms with van der Waals surface area (Å²) >= 11 is 12.2. The van der Waals surface area contributed by atoms with Crippen molar-refractivity contribution in [1.82, 2.24) is 0 Å². The zero-order chi connectivity index (χ0) is 31.0. The van der Waals surface area contributed by atoms with E-state index in [0.29, 0.717) is 17.7 Å². The Bertz CT molecular complexity index is 1580. The second-order valence-electron chi connectivity index (χ2n) is 12.0. The number of nitrogens with zero attached hydrogens (tertiary/aromatic N) is 1. The number of carbonyl (C=O) groups excluding carboxylic acids is 2. The highest BCUT2D eigenvalue weighted by molar-refractivity contribution is 6.30. The van der Waals surface area contributed by atoms with Gasteiger partial charge in [0.05, 0.1) is 24.3 Å². The maximum atomic E-state index is 15.8. The summed E-state index contributed by atoms with van der Waals surface area (Å²) < 4.78 is 36.9. The fourth-order valence-corrected chi connectivity index (χ4v) is 6.65. The molecule has 42 heavy (non-hydrogen) atoms. The van der Waals surface area contributed by atoms with E-state index in [0.717, 1.165) is 12.1 Å². The van der Waals surface area contributed by atoms with Crippen molar-refractivity contribution in [3.63, 3.8) is 0 Å². The van der Waals surface area contributed by atoms with Crippen molar-refractivity contribution in [3.8, 4) is 11.8 Å². The van der Waals surface area contributed by atoms with E-state index >= 15 is 8.78 Å². The number of rotatable bonds is 7. The molecule has 1 aliphatic carbocycles. The molecule has 3 aromatic carbocycles. The van der Waals surface area contributed by atoms with Gasteiger partial charge < -0.3 is 10.1 Å². The van der Waals surface area contributed by atoms with Gasteiger partial charge in [-0.1, -0.05) is 56.1 Å². The van der Waals surface area contributed by atoms with E-state index in [-0.39, 0.29) is 44.5 Å². The molecule has 0 bridgehead atoms. The average Bonchev–Trinajstić information content (AvgIpc) is 3.21. The summed E-state index contributed by atoms with van der Waals surface area (Å²) in [5.41, 5.74) is -1.08. The maximum Gasteiger partial charge on any atom is 0.228 e. The van der Waals surface area contributed by atoms with Crippen molar-refractivity contribution in [2.75, 3.05) is 12.4 Å². The minimum absolute atomic E-state index is 0.0571. The molecule has 1 aliphatic rings. The number of benzene rings is 3. The Morgan fingerprint density at radius 1 is 1.05 bits per heavy atom. The minimum Gasteiger partial charge on any atom is -0.495 e. The van der Waals surface area contributed by atoms with Gasteiger partial charge in [-0.25, -0.2) is 8.78 Å². The van der Waals surface area contributed by atoms with Gasteiger partial charge >= 0.3 is 0 Å². The molecule has 0 radical (unpaired) electrons.